The first-order chi connectivity index (χ1) is 11.0. The summed E-state index contributed by atoms with van der Waals surface area (Å²) in [6.07, 6.45) is 6.83. The minimum Gasteiger partial charge on any atom is -0.353 e. The van der Waals surface area contributed by atoms with E-state index in [-0.39, 0.29) is 0 Å². The van der Waals surface area contributed by atoms with E-state index in [1.54, 1.807) is 0 Å². The summed E-state index contributed by atoms with van der Waals surface area (Å²) in [5.74, 6) is 0. The molecule has 1 aliphatic heterocycles. The van der Waals surface area contributed by atoms with Crippen molar-refractivity contribution in [1.82, 2.24) is 4.90 Å². The summed E-state index contributed by atoms with van der Waals surface area (Å²) >= 11 is 0. The van der Waals surface area contributed by atoms with Gasteiger partial charge >= 0.3 is 0 Å². The number of aromatic nitrogens is 1. The van der Waals surface area contributed by atoms with Crippen LogP contribution in [0.5, 0.6) is 0 Å². The molecule has 2 aromatic rings. The molecule has 1 aromatic heterocycles. The average molecular weight is 308 g/mol. The second kappa shape index (κ2) is 6.07. The molecule has 120 valence electrons. The molecular weight excluding hydrogens is 282 g/mol. The lowest BCUT2D eigenvalue weighted by molar-refractivity contribution is -0.660. The van der Waals surface area contributed by atoms with Crippen LogP contribution in [0.15, 0.2) is 55.0 Å². The van der Waals surface area contributed by atoms with Crippen LogP contribution in [0.3, 0.4) is 0 Å². The first-order valence-electron chi connectivity index (χ1n) is 8.29. The number of rotatable bonds is 3. The van der Waals surface area contributed by atoms with Gasteiger partial charge in [0.2, 0.25) is 5.69 Å². The molecule has 0 spiro atoms. The Labute approximate surface area is 139 Å². The smallest absolute Gasteiger partial charge is 0.212 e. The molecule has 1 aliphatic rings. The second-order valence-corrected chi connectivity index (χ2v) is 6.52. The van der Waals surface area contributed by atoms with Crippen LogP contribution in [0.4, 0.5) is 5.69 Å². The Kier molecular flexibility index (Phi) is 4.12. The monoisotopic (exact) mass is 308 g/mol. The molecule has 3 nitrogen and oxygen atoms in total. The van der Waals surface area contributed by atoms with Crippen molar-refractivity contribution >= 4 is 5.69 Å². The molecule has 3 heteroatoms. The highest BCUT2D eigenvalue weighted by Crippen LogP contribution is 2.33. The van der Waals surface area contributed by atoms with Gasteiger partial charge in [-0.25, -0.2) is 4.57 Å². The number of aryl methyl sites for hydroxylation is 1. The average Bonchev–Trinajstić information content (AvgIpc) is 2.90. The summed E-state index contributed by atoms with van der Waals surface area (Å²) in [7, 11) is 2.10. The molecule has 3 rings (SSSR count). The molecule has 0 radical (unpaired) electrons. The van der Waals surface area contributed by atoms with Crippen LogP contribution in [0, 0.1) is 6.92 Å². The van der Waals surface area contributed by atoms with E-state index in [0.717, 1.165) is 0 Å². The van der Waals surface area contributed by atoms with Crippen molar-refractivity contribution in [3.63, 3.8) is 0 Å². The SMILES string of the molecule is Cc1c(-c2cccc[n+]2C)cccc1N1C=CN(C(C)C)[C@@H]1C. The summed E-state index contributed by atoms with van der Waals surface area (Å²) in [4.78, 5) is 4.75. The maximum Gasteiger partial charge on any atom is 0.212 e. The van der Waals surface area contributed by atoms with Crippen LogP contribution in [-0.4, -0.2) is 17.1 Å². The highest BCUT2D eigenvalue weighted by Gasteiger charge is 2.26. The number of pyridine rings is 1. The number of anilines is 1. The van der Waals surface area contributed by atoms with E-state index < -0.39 is 0 Å². The van der Waals surface area contributed by atoms with Crippen molar-refractivity contribution in [3.8, 4) is 11.3 Å². The Bertz CT molecular complexity index is 733. The molecule has 0 unspecified atom stereocenters. The lowest BCUT2D eigenvalue weighted by Gasteiger charge is -2.33. The van der Waals surface area contributed by atoms with Gasteiger partial charge in [-0.2, -0.15) is 0 Å². The molecule has 0 saturated heterocycles. The molecule has 0 aliphatic carbocycles. The van der Waals surface area contributed by atoms with Gasteiger partial charge in [0.25, 0.3) is 0 Å². The molecule has 23 heavy (non-hydrogen) atoms. The van der Waals surface area contributed by atoms with Gasteiger partial charge in [-0.15, -0.1) is 0 Å². The van der Waals surface area contributed by atoms with Gasteiger partial charge in [0.05, 0.1) is 5.56 Å². The van der Waals surface area contributed by atoms with Crippen LogP contribution in [0.25, 0.3) is 11.3 Å². The van der Waals surface area contributed by atoms with Gasteiger partial charge in [0, 0.05) is 36.3 Å². The normalized spacial score (nSPS) is 17.4. The first kappa shape index (κ1) is 15.6. The highest BCUT2D eigenvalue weighted by molar-refractivity contribution is 5.71. The lowest BCUT2D eigenvalue weighted by Crippen LogP contribution is -2.39. The largest absolute Gasteiger partial charge is 0.353 e. The fraction of sp³-hybridized carbons (Fsp3) is 0.350. The van der Waals surface area contributed by atoms with Crippen molar-refractivity contribution in [2.75, 3.05) is 4.90 Å². The van der Waals surface area contributed by atoms with Crippen molar-refractivity contribution in [3.05, 3.63) is 60.6 Å². The fourth-order valence-electron chi connectivity index (χ4n) is 3.41. The zero-order valence-corrected chi connectivity index (χ0v) is 14.7. The molecular formula is C20H26N3+. The van der Waals surface area contributed by atoms with Crippen LogP contribution in [0.1, 0.15) is 26.3 Å². The third-order valence-corrected chi connectivity index (χ3v) is 4.74. The number of benzene rings is 1. The van der Waals surface area contributed by atoms with Gasteiger partial charge < -0.3 is 9.80 Å². The lowest BCUT2D eigenvalue weighted by atomic mass is 10.0. The number of hydrogen-bond donors (Lipinski definition) is 0. The van der Waals surface area contributed by atoms with E-state index in [1.165, 1.54) is 22.5 Å². The van der Waals surface area contributed by atoms with Crippen LogP contribution in [-0.2, 0) is 7.05 Å². The second-order valence-electron chi connectivity index (χ2n) is 6.52. The van der Waals surface area contributed by atoms with Crippen LogP contribution >= 0.6 is 0 Å². The van der Waals surface area contributed by atoms with Gasteiger partial charge in [-0.3, -0.25) is 0 Å². The van der Waals surface area contributed by atoms with E-state index in [2.05, 4.69) is 104 Å². The zero-order valence-electron chi connectivity index (χ0n) is 14.7. The van der Waals surface area contributed by atoms with Crippen molar-refractivity contribution < 1.29 is 4.57 Å². The van der Waals surface area contributed by atoms with Crippen molar-refractivity contribution in [2.45, 2.75) is 39.9 Å². The third kappa shape index (κ3) is 2.72. The fourth-order valence-corrected chi connectivity index (χ4v) is 3.41. The summed E-state index contributed by atoms with van der Waals surface area (Å²) in [6, 6.07) is 13.4. The van der Waals surface area contributed by atoms with E-state index in [9.17, 15) is 0 Å². The maximum absolute atomic E-state index is 2.38. The topological polar surface area (TPSA) is 10.4 Å². The Morgan fingerprint density at radius 1 is 1.04 bits per heavy atom. The standard InChI is InChI=1S/C20H26N3/c1-15(2)22-13-14-23(17(22)4)19-11-8-9-18(16(19)3)20-10-6-7-12-21(20)5/h6-15,17H,1-5H3/q+1/t17-/m0/s1. The minimum absolute atomic E-state index is 0.341. The molecule has 0 N–H and O–H groups in total. The van der Waals surface area contributed by atoms with E-state index >= 15 is 0 Å². The Balaban J connectivity index is 2.02. The van der Waals surface area contributed by atoms with Gasteiger partial charge in [0.15, 0.2) is 6.20 Å². The van der Waals surface area contributed by atoms with Gasteiger partial charge in [-0.05, 0) is 51.5 Å². The van der Waals surface area contributed by atoms with Crippen molar-refractivity contribution in [2.24, 2.45) is 7.05 Å². The summed E-state index contributed by atoms with van der Waals surface area (Å²) in [5.41, 5.74) is 5.12. The minimum atomic E-state index is 0.341. The molecule has 0 amide bonds. The summed E-state index contributed by atoms with van der Waals surface area (Å²) < 4.78 is 2.18. The summed E-state index contributed by atoms with van der Waals surface area (Å²) in [6.45, 7) is 8.94. The summed E-state index contributed by atoms with van der Waals surface area (Å²) in [5, 5.41) is 0. The quantitative estimate of drug-likeness (QED) is 0.798. The Hall–Kier alpha value is -2.29. The molecule has 0 bridgehead atoms. The maximum atomic E-state index is 2.38. The Morgan fingerprint density at radius 2 is 1.83 bits per heavy atom. The number of nitrogens with zero attached hydrogens (tertiary/aromatic N) is 3. The molecule has 1 aromatic carbocycles. The first-order valence-corrected chi connectivity index (χ1v) is 8.29. The third-order valence-electron chi connectivity index (χ3n) is 4.74. The van der Waals surface area contributed by atoms with Crippen LogP contribution < -0.4 is 9.47 Å². The molecule has 0 fully saturated rings. The van der Waals surface area contributed by atoms with Gasteiger partial charge in [0.1, 0.15) is 13.2 Å². The van der Waals surface area contributed by atoms with E-state index in [0.29, 0.717) is 12.2 Å². The molecule has 1 atom stereocenters. The van der Waals surface area contributed by atoms with E-state index in [1.807, 2.05) is 0 Å². The zero-order chi connectivity index (χ0) is 16.6. The molecule has 0 saturated carbocycles. The molecule has 2 heterocycles. The van der Waals surface area contributed by atoms with Crippen LogP contribution in [0.2, 0.25) is 0 Å². The predicted octanol–water partition coefficient (Wildman–Crippen LogP) is 3.83. The van der Waals surface area contributed by atoms with Gasteiger partial charge in [-0.1, -0.05) is 6.07 Å². The predicted molar refractivity (Wildman–Crippen MR) is 95.8 cm³/mol. The van der Waals surface area contributed by atoms with Crippen molar-refractivity contribution in [1.29, 1.82) is 0 Å². The number of hydrogen-bond acceptors (Lipinski definition) is 2. The highest BCUT2D eigenvalue weighted by atomic mass is 15.4. The van der Waals surface area contributed by atoms with E-state index in [4.69, 9.17) is 0 Å². The Morgan fingerprint density at radius 3 is 2.48 bits per heavy atom.